The average molecular weight is 279 g/mol. The first-order valence-corrected chi connectivity index (χ1v) is 6.16. The smallest absolute Gasteiger partial charge is 0.124 e. The summed E-state index contributed by atoms with van der Waals surface area (Å²) in [4.78, 5) is 3.95. The van der Waals surface area contributed by atoms with Crippen molar-refractivity contribution in [3.63, 3.8) is 0 Å². The van der Waals surface area contributed by atoms with Gasteiger partial charge in [-0.1, -0.05) is 11.6 Å². The first-order chi connectivity index (χ1) is 9.22. The van der Waals surface area contributed by atoms with E-state index in [4.69, 9.17) is 21.1 Å². The van der Waals surface area contributed by atoms with Crippen LogP contribution in [0.1, 0.15) is 5.56 Å². The van der Waals surface area contributed by atoms with Gasteiger partial charge in [-0.3, -0.25) is 4.98 Å². The zero-order valence-corrected chi connectivity index (χ0v) is 11.6. The summed E-state index contributed by atoms with van der Waals surface area (Å²) < 4.78 is 10.4. The molecule has 2 aromatic rings. The molecule has 2 rings (SSSR count). The maximum absolute atomic E-state index is 6.06. The second-order valence-corrected chi connectivity index (χ2v) is 4.33. The lowest BCUT2D eigenvalue weighted by atomic mass is 10.2. The maximum atomic E-state index is 6.06. The molecule has 0 radical (unpaired) electrons. The van der Waals surface area contributed by atoms with Crippen molar-refractivity contribution in [2.24, 2.45) is 0 Å². The number of aromatic nitrogens is 1. The molecule has 0 aliphatic rings. The van der Waals surface area contributed by atoms with Crippen LogP contribution in [0, 0.1) is 0 Å². The summed E-state index contributed by atoms with van der Waals surface area (Å²) >= 11 is 6.06. The number of rotatable bonds is 5. The fourth-order valence-electron chi connectivity index (χ4n) is 1.65. The fourth-order valence-corrected chi connectivity index (χ4v) is 1.84. The molecule has 0 amide bonds. The quantitative estimate of drug-likeness (QED) is 0.911. The van der Waals surface area contributed by atoms with Crippen LogP contribution >= 0.6 is 11.6 Å². The highest BCUT2D eigenvalue weighted by Gasteiger charge is 2.03. The van der Waals surface area contributed by atoms with Gasteiger partial charge in [-0.25, -0.2) is 0 Å². The highest BCUT2D eigenvalue weighted by Crippen LogP contribution is 2.26. The first kappa shape index (κ1) is 13.5. The largest absolute Gasteiger partial charge is 0.497 e. The molecule has 19 heavy (non-hydrogen) atoms. The zero-order chi connectivity index (χ0) is 13.7. The van der Waals surface area contributed by atoms with E-state index < -0.39 is 0 Å². The molecule has 0 aliphatic heterocycles. The lowest BCUT2D eigenvalue weighted by molar-refractivity contribution is 0.394. The Kier molecular flexibility index (Phi) is 4.47. The van der Waals surface area contributed by atoms with Gasteiger partial charge in [0, 0.05) is 42.8 Å². The van der Waals surface area contributed by atoms with Crippen LogP contribution in [0.25, 0.3) is 0 Å². The zero-order valence-electron chi connectivity index (χ0n) is 10.8. The minimum absolute atomic E-state index is 0.609. The van der Waals surface area contributed by atoms with Crippen molar-refractivity contribution in [2.45, 2.75) is 6.54 Å². The van der Waals surface area contributed by atoms with Crippen molar-refractivity contribution in [1.29, 1.82) is 0 Å². The van der Waals surface area contributed by atoms with E-state index in [-0.39, 0.29) is 0 Å². The fraction of sp³-hybridized carbons (Fsp3) is 0.214. The Labute approximate surface area is 117 Å². The van der Waals surface area contributed by atoms with Gasteiger partial charge in [-0.2, -0.15) is 0 Å². The van der Waals surface area contributed by atoms with Crippen LogP contribution in [-0.4, -0.2) is 19.2 Å². The van der Waals surface area contributed by atoms with E-state index in [9.17, 15) is 0 Å². The third-order valence-electron chi connectivity index (χ3n) is 2.69. The van der Waals surface area contributed by atoms with E-state index in [0.29, 0.717) is 11.6 Å². The Morgan fingerprint density at radius 1 is 1.16 bits per heavy atom. The number of methoxy groups -OCH3 is 2. The number of ether oxygens (including phenoxy) is 2. The second-order valence-electron chi connectivity index (χ2n) is 3.92. The van der Waals surface area contributed by atoms with E-state index in [1.54, 1.807) is 26.6 Å². The van der Waals surface area contributed by atoms with Crippen LogP contribution in [-0.2, 0) is 6.54 Å². The summed E-state index contributed by atoms with van der Waals surface area (Å²) in [6.07, 6.45) is 3.35. The minimum atomic E-state index is 0.609. The van der Waals surface area contributed by atoms with Gasteiger partial charge in [0.15, 0.2) is 0 Å². The van der Waals surface area contributed by atoms with Crippen LogP contribution in [0.3, 0.4) is 0 Å². The molecule has 0 fully saturated rings. The number of hydrogen-bond acceptors (Lipinski definition) is 4. The molecule has 0 unspecified atom stereocenters. The SMILES string of the molecule is COc1cc(NCc2ccncc2Cl)cc(OC)c1. The van der Waals surface area contributed by atoms with Gasteiger partial charge in [0.05, 0.1) is 19.2 Å². The monoisotopic (exact) mass is 278 g/mol. The normalized spacial score (nSPS) is 10.1. The van der Waals surface area contributed by atoms with E-state index in [2.05, 4.69) is 10.3 Å². The molecule has 4 nitrogen and oxygen atoms in total. The summed E-state index contributed by atoms with van der Waals surface area (Å²) in [5, 5.41) is 3.92. The van der Waals surface area contributed by atoms with Gasteiger partial charge in [-0.15, -0.1) is 0 Å². The number of benzene rings is 1. The molecule has 0 spiro atoms. The maximum Gasteiger partial charge on any atom is 0.124 e. The van der Waals surface area contributed by atoms with Crippen molar-refractivity contribution >= 4 is 17.3 Å². The molecular formula is C14H15ClN2O2. The topological polar surface area (TPSA) is 43.4 Å². The molecule has 1 aromatic carbocycles. The van der Waals surface area contributed by atoms with Gasteiger partial charge in [0.2, 0.25) is 0 Å². The minimum Gasteiger partial charge on any atom is -0.497 e. The van der Waals surface area contributed by atoms with Crippen molar-refractivity contribution in [2.75, 3.05) is 19.5 Å². The highest BCUT2D eigenvalue weighted by molar-refractivity contribution is 6.31. The third kappa shape index (κ3) is 3.51. The lowest BCUT2D eigenvalue weighted by Gasteiger charge is -2.11. The number of hydrogen-bond donors (Lipinski definition) is 1. The van der Waals surface area contributed by atoms with Crippen LogP contribution in [0.15, 0.2) is 36.7 Å². The Balaban J connectivity index is 2.13. The van der Waals surface area contributed by atoms with Gasteiger partial charge in [-0.05, 0) is 11.6 Å². The van der Waals surface area contributed by atoms with E-state index >= 15 is 0 Å². The van der Waals surface area contributed by atoms with Crippen molar-refractivity contribution in [1.82, 2.24) is 4.98 Å². The molecule has 1 aromatic heterocycles. The second kappa shape index (κ2) is 6.29. The number of nitrogens with one attached hydrogen (secondary N) is 1. The van der Waals surface area contributed by atoms with Gasteiger partial charge in [0.25, 0.3) is 0 Å². The third-order valence-corrected chi connectivity index (χ3v) is 3.03. The molecular weight excluding hydrogens is 264 g/mol. The Morgan fingerprint density at radius 3 is 2.42 bits per heavy atom. The van der Waals surface area contributed by atoms with Crippen LogP contribution in [0.2, 0.25) is 5.02 Å². The molecule has 100 valence electrons. The van der Waals surface area contributed by atoms with E-state index in [1.807, 2.05) is 24.3 Å². The van der Waals surface area contributed by atoms with Crippen molar-refractivity contribution < 1.29 is 9.47 Å². The van der Waals surface area contributed by atoms with Crippen molar-refractivity contribution in [3.8, 4) is 11.5 Å². The first-order valence-electron chi connectivity index (χ1n) is 5.78. The Hall–Kier alpha value is -1.94. The molecule has 0 saturated carbocycles. The Bertz CT molecular complexity index is 539. The number of pyridine rings is 1. The molecule has 5 heteroatoms. The summed E-state index contributed by atoms with van der Waals surface area (Å²) in [6, 6.07) is 7.51. The molecule has 0 aliphatic carbocycles. The van der Waals surface area contributed by atoms with Crippen LogP contribution < -0.4 is 14.8 Å². The molecule has 0 bridgehead atoms. The average Bonchev–Trinajstić information content (AvgIpc) is 2.46. The van der Waals surface area contributed by atoms with Gasteiger partial charge < -0.3 is 14.8 Å². The standard InChI is InChI=1S/C14H15ClN2O2/c1-18-12-5-11(6-13(7-12)19-2)17-8-10-3-4-16-9-14(10)15/h3-7,9,17H,8H2,1-2H3. The Morgan fingerprint density at radius 2 is 1.84 bits per heavy atom. The summed E-state index contributed by atoms with van der Waals surface area (Å²) in [5.41, 5.74) is 1.89. The summed E-state index contributed by atoms with van der Waals surface area (Å²) in [5.74, 6) is 1.48. The summed E-state index contributed by atoms with van der Waals surface area (Å²) in [7, 11) is 3.25. The molecule has 0 atom stereocenters. The van der Waals surface area contributed by atoms with Gasteiger partial charge in [0.1, 0.15) is 11.5 Å². The van der Waals surface area contributed by atoms with Crippen LogP contribution in [0.4, 0.5) is 5.69 Å². The predicted octanol–water partition coefficient (Wildman–Crippen LogP) is 3.36. The van der Waals surface area contributed by atoms with Crippen LogP contribution in [0.5, 0.6) is 11.5 Å². The number of halogens is 1. The highest BCUT2D eigenvalue weighted by atomic mass is 35.5. The van der Waals surface area contributed by atoms with E-state index in [1.165, 1.54) is 0 Å². The predicted molar refractivity (Wildman–Crippen MR) is 76.1 cm³/mol. The molecule has 0 saturated heterocycles. The lowest BCUT2D eigenvalue weighted by Crippen LogP contribution is -2.01. The number of nitrogens with zero attached hydrogens (tertiary/aromatic N) is 1. The molecule has 1 N–H and O–H groups in total. The molecule has 1 heterocycles. The number of anilines is 1. The van der Waals surface area contributed by atoms with E-state index in [0.717, 1.165) is 22.7 Å². The van der Waals surface area contributed by atoms with Gasteiger partial charge >= 0.3 is 0 Å². The van der Waals surface area contributed by atoms with Crippen molar-refractivity contribution in [3.05, 3.63) is 47.2 Å². The summed E-state index contributed by atoms with van der Waals surface area (Å²) in [6.45, 7) is 0.609.